The van der Waals surface area contributed by atoms with Crippen LogP contribution < -0.4 is 27.2 Å². The van der Waals surface area contributed by atoms with Gasteiger partial charge in [-0.2, -0.15) is 4.98 Å². The first-order valence-electron chi connectivity index (χ1n) is 11.3. The molecule has 34 heavy (non-hydrogen) atoms. The van der Waals surface area contributed by atoms with Gasteiger partial charge in [-0.15, -0.1) is 5.92 Å². The van der Waals surface area contributed by atoms with E-state index in [0.29, 0.717) is 19.0 Å². The van der Waals surface area contributed by atoms with Gasteiger partial charge in [0.25, 0.3) is 5.56 Å². The van der Waals surface area contributed by atoms with Crippen LogP contribution in [0.3, 0.4) is 0 Å². The molecule has 1 amide bonds. The molecule has 1 atom stereocenters. The monoisotopic (exact) mass is 463 g/mol. The lowest BCUT2D eigenvalue weighted by Gasteiger charge is -2.31. The minimum Gasteiger partial charge on any atom is -0.350 e. The highest BCUT2D eigenvalue weighted by Crippen LogP contribution is 2.22. The van der Waals surface area contributed by atoms with Gasteiger partial charge in [0.15, 0.2) is 11.2 Å². The Hall–Kier alpha value is -3.84. The lowest BCUT2D eigenvalue weighted by molar-refractivity contribution is -0.121. The normalized spacial score (nSPS) is 15.7. The number of aromatic nitrogens is 4. The zero-order valence-corrected chi connectivity index (χ0v) is 19.5. The Morgan fingerprint density at radius 3 is 2.71 bits per heavy atom. The number of imidazole rings is 1. The zero-order valence-electron chi connectivity index (χ0n) is 19.5. The standard InChI is InChI=1S/C24H29N7O3/c1-3-4-13-30-20-21(27-23(30)29-12-8-11-18(25)15-29)28(2)24(34)31(22(20)33)16-19(32)26-14-17-9-6-5-7-10-17/h5-7,9-10,18H,8,11-16,25H2,1-2H3,(H,26,32)/t18-/m1/s1. The summed E-state index contributed by atoms with van der Waals surface area (Å²) in [6.45, 7) is 3.24. The van der Waals surface area contributed by atoms with E-state index in [4.69, 9.17) is 5.73 Å². The maximum absolute atomic E-state index is 13.5. The average Bonchev–Trinajstić information content (AvgIpc) is 3.23. The summed E-state index contributed by atoms with van der Waals surface area (Å²) in [5, 5.41) is 2.77. The van der Waals surface area contributed by atoms with Crippen LogP contribution >= 0.6 is 0 Å². The molecule has 0 aliphatic carbocycles. The molecule has 1 saturated heterocycles. The second kappa shape index (κ2) is 9.97. The highest BCUT2D eigenvalue weighted by molar-refractivity contribution is 5.77. The van der Waals surface area contributed by atoms with E-state index in [1.54, 1.807) is 18.5 Å². The van der Waals surface area contributed by atoms with Crippen LogP contribution in [0.5, 0.6) is 0 Å². The fraction of sp³-hybridized carbons (Fsp3) is 0.417. The summed E-state index contributed by atoms with van der Waals surface area (Å²) < 4.78 is 3.99. The summed E-state index contributed by atoms with van der Waals surface area (Å²) >= 11 is 0. The first-order chi connectivity index (χ1) is 16.4. The van der Waals surface area contributed by atoms with Crippen molar-refractivity contribution in [3.05, 3.63) is 56.7 Å². The van der Waals surface area contributed by atoms with E-state index in [0.717, 1.165) is 29.5 Å². The van der Waals surface area contributed by atoms with Crippen LogP contribution in [0.2, 0.25) is 0 Å². The molecule has 0 unspecified atom stereocenters. The van der Waals surface area contributed by atoms with E-state index < -0.39 is 17.2 Å². The quantitative estimate of drug-likeness (QED) is 0.503. The molecular formula is C24H29N7O3. The molecule has 0 radical (unpaired) electrons. The molecule has 3 heterocycles. The lowest BCUT2D eigenvalue weighted by Crippen LogP contribution is -2.44. The van der Waals surface area contributed by atoms with E-state index in [1.165, 1.54) is 4.57 Å². The third kappa shape index (κ3) is 4.61. The predicted octanol–water partition coefficient (Wildman–Crippen LogP) is 0.164. The van der Waals surface area contributed by atoms with Crippen molar-refractivity contribution in [2.24, 2.45) is 12.8 Å². The maximum Gasteiger partial charge on any atom is 0.332 e. The van der Waals surface area contributed by atoms with E-state index in [2.05, 4.69) is 22.1 Å². The molecule has 3 aromatic rings. The van der Waals surface area contributed by atoms with Crippen LogP contribution in [0.1, 0.15) is 25.3 Å². The molecule has 1 fully saturated rings. The Labute approximate surface area is 197 Å². The van der Waals surface area contributed by atoms with Crippen molar-refractivity contribution >= 4 is 23.0 Å². The van der Waals surface area contributed by atoms with Crippen molar-refractivity contribution in [2.75, 3.05) is 18.0 Å². The number of nitrogens with two attached hydrogens (primary N) is 1. The van der Waals surface area contributed by atoms with Gasteiger partial charge in [-0.25, -0.2) is 9.36 Å². The molecule has 1 aromatic carbocycles. The molecule has 178 valence electrons. The van der Waals surface area contributed by atoms with Gasteiger partial charge in [-0.05, 0) is 25.3 Å². The van der Waals surface area contributed by atoms with Gasteiger partial charge in [0, 0.05) is 32.7 Å². The highest BCUT2D eigenvalue weighted by atomic mass is 16.2. The molecule has 0 saturated carbocycles. The SMILES string of the molecule is CC#CCn1c(N2CCC[C@@H](N)C2)nc2c1c(=O)n(CC(=O)NCc1ccccc1)c(=O)n2C. The number of hydrogen-bond acceptors (Lipinski definition) is 6. The van der Waals surface area contributed by atoms with E-state index in [9.17, 15) is 14.4 Å². The van der Waals surface area contributed by atoms with Gasteiger partial charge in [-0.3, -0.25) is 18.7 Å². The number of rotatable bonds is 6. The predicted molar refractivity (Wildman–Crippen MR) is 130 cm³/mol. The minimum atomic E-state index is -0.597. The molecule has 4 rings (SSSR count). The number of aryl methyl sites for hydroxylation is 1. The number of carbonyl (C=O) groups is 1. The van der Waals surface area contributed by atoms with Crippen molar-refractivity contribution in [3.8, 4) is 11.8 Å². The van der Waals surface area contributed by atoms with Crippen molar-refractivity contribution < 1.29 is 4.79 Å². The zero-order chi connectivity index (χ0) is 24.2. The molecular weight excluding hydrogens is 434 g/mol. The van der Waals surface area contributed by atoms with E-state index in [-0.39, 0.29) is 30.3 Å². The summed E-state index contributed by atoms with van der Waals surface area (Å²) in [5.74, 6) is 5.98. The van der Waals surface area contributed by atoms with E-state index in [1.807, 2.05) is 35.2 Å². The fourth-order valence-corrected chi connectivity index (χ4v) is 4.24. The summed E-state index contributed by atoms with van der Waals surface area (Å²) in [6, 6.07) is 9.43. The van der Waals surface area contributed by atoms with Crippen molar-refractivity contribution in [2.45, 2.75) is 45.4 Å². The second-order valence-electron chi connectivity index (χ2n) is 8.44. The molecule has 1 aliphatic rings. The first-order valence-corrected chi connectivity index (χ1v) is 11.3. The van der Waals surface area contributed by atoms with Gasteiger partial charge in [0.2, 0.25) is 11.9 Å². The second-order valence-corrected chi connectivity index (χ2v) is 8.44. The number of amides is 1. The average molecular weight is 464 g/mol. The summed E-state index contributed by atoms with van der Waals surface area (Å²) in [4.78, 5) is 45.8. The molecule has 1 aliphatic heterocycles. The molecule has 0 bridgehead atoms. The number of piperidine rings is 1. The Morgan fingerprint density at radius 2 is 2.00 bits per heavy atom. The number of nitrogens with one attached hydrogen (secondary N) is 1. The van der Waals surface area contributed by atoms with Crippen LogP contribution in [0, 0.1) is 11.8 Å². The third-order valence-corrected chi connectivity index (χ3v) is 6.00. The van der Waals surface area contributed by atoms with Crippen LogP contribution in [-0.4, -0.2) is 43.7 Å². The van der Waals surface area contributed by atoms with Gasteiger partial charge < -0.3 is 16.0 Å². The van der Waals surface area contributed by atoms with Crippen molar-refractivity contribution in [1.29, 1.82) is 0 Å². The minimum absolute atomic E-state index is 0.00746. The maximum atomic E-state index is 13.5. The Balaban J connectivity index is 1.73. The molecule has 10 nitrogen and oxygen atoms in total. The number of benzene rings is 1. The van der Waals surface area contributed by atoms with Crippen LogP contribution in [0.25, 0.3) is 11.2 Å². The fourth-order valence-electron chi connectivity index (χ4n) is 4.24. The topological polar surface area (TPSA) is 120 Å². The largest absolute Gasteiger partial charge is 0.350 e. The van der Waals surface area contributed by atoms with Crippen LogP contribution in [0.4, 0.5) is 5.95 Å². The molecule has 2 aromatic heterocycles. The Morgan fingerprint density at radius 1 is 1.24 bits per heavy atom. The number of carbonyl (C=O) groups excluding carboxylic acids is 1. The number of anilines is 1. The van der Waals surface area contributed by atoms with Crippen molar-refractivity contribution in [3.63, 3.8) is 0 Å². The number of fused-ring (bicyclic) bond motifs is 1. The smallest absolute Gasteiger partial charge is 0.332 e. The first kappa shape index (κ1) is 23.3. The number of nitrogens with zero attached hydrogens (tertiary/aromatic N) is 5. The van der Waals surface area contributed by atoms with Crippen molar-refractivity contribution in [1.82, 2.24) is 24.0 Å². The van der Waals surface area contributed by atoms with E-state index >= 15 is 0 Å². The van der Waals surface area contributed by atoms with Gasteiger partial charge >= 0.3 is 5.69 Å². The molecule has 10 heteroatoms. The third-order valence-electron chi connectivity index (χ3n) is 6.00. The Bertz CT molecular complexity index is 1380. The van der Waals surface area contributed by atoms with Gasteiger partial charge in [0.05, 0.1) is 6.54 Å². The van der Waals surface area contributed by atoms with Gasteiger partial charge in [0.1, 0.15) is 6.54 Å². The summed E-state index contributed by atoms with van der Waals surface area (Å²) in [7, 11) is 1.55. The van der Waals surface area contributed by atoms with Crippen LogP contribution in [0.15, 0.2) is 39.9 Å². The number of hydrogen-bond donors (Lipinski definition) is 2. The van der Waals surface area contributed by atoms with Crippen LogP contribution in [-0.2, 0) is 31.5 Å². The summed E-state index contributed by atoms with van der Waals surface area (Å²) in [5.41, 5.74) is 6.44. The Kier molecular flexibility index (Phi) is 6.84. The van der Waals surface area contributed by atoms with Gasteiger partial charge in [-0.1, -0.05) is 36.3 Å². The lowest BCUT2D eigenvalue weighted by atomic mass is 10.1. The summed E-state index contributed by atoms with van der Waals surface area (Å²) in [6.07, 6.45) is 1.84. The highest BCUT2D eigenvalue weighted by Gasteiger charge is 2.26. The molecule has 3 N–H and O–H groups in total. The molecule has 0 spiro atoms.